The second kappa shape index (κ2) is 6.43. The number of nitrogens with zero attached hydrogens (tertiary/aromatic N) is 2. The van der Waals surface area contributed by atoms with Gasteiger partial charge in [-0.25, -0.2) is 9.97 Å². The van der Waals surface area contributed by atoms with Crippen molar-refractivity contribution in [2.45, 2.75) is 6.92 Å². The van der Waals surface area contributed by atoms with Crippen LogP contribution < -0.4 is 0 Å². The Bertz CT molecular complexity index is 360. The first-order valence-corrected chi connectivity index (χ1v) is 4.56. The molecule has 1 aromatic heterocycles. The van der Waals surface area contributed by atoms with Crippen molar-refractivity contribution < 1.29 is 4.79 Å². The van der Waals surface area contributed by atoms with Gasteiger partial charge in [-0.2, -0.15) is 0 Å². The number of Topliss-reactive ketones (excluding diaryl/α,β-unsaturated/α-hetero) is 1. The van der Waals surface area contributed by atoms with E-state index in [9.17, 15) is 4.79 Å². The van der Waals surface area contributed by atoms with Gasteiger partial charge in [-0.05, 0) is 13.0 Å². The minimum atomic E-state index is 0.121. The number of hydrogen-bond donors (Lipinski definition) is 0. The van der Waals surface area contributed by atoms with Crippen molar-refractivity contribution in [1.82, 2.24) is 9.97 Å². The molecule has 0 radical (unpaired) electrons. The lowest BCUT2D eigenvalue weighted by molar-refractivity contribution is 0.101. The summed E-state index contributed by atoms with van der Waals surface area (Å²) in [6.07, 6.45) is 4.88. The summed E-state index contributed by atoms with van der Waals surface area (Å²) < 4.78 is 0. The van der Waals surface area contributed by atoms with Crippen molar-refractivity contribution >= 4 is 5.78 Å². The molecule has 1 aromatic carbocycles. The average Bonchev–Trinajstić information content (AvgIpc) is 2.33. The number of aromatic nitrogens is 2. The third-order valence-corrected chi connectivity index (χ3v) is 1.66. The number of benzene rings is 1. The Morgan fingerprint density at radius 3 is 1.87 bits per heavy atom. The standard InChI is InChI=1S/C8H8O.C4H4N2/c1-7(9)8-5-3-2-4-6-8;1-2-5-4-6-3-1/h2-6H,1H3;1-4H. The molecule has 76 valence electrons. The molecule has 2 aromatic rings. The van der Waals surface area contributed by atoms with Gasteiger partial charge in [-0.15, -0.1) is 0 Å². The molecule has 0 aliphatic rings. The maximum atomic E-state index is 10.6. The van der Waals surface area contributed by atoms with Crippen LogP contribution >= 0.6 is 0 Å². The van der Waals surface area contributed by atoms with Crippen molar-refractivity contribution in [3.63, 3.8) is 0 Å². The quantitative estimate of drug-likeness (QED) is 0.664. The van der Waals surface area contributed by atoms with Crippen LogP contribution in [0.2, 0.25) is 0 Å². The van der Waals surface area contributed by atoms with Gasteiger partial charge in [-0.3, -0.25) is 4.79 Å². The highest BCUT2D eigenvalue weighted by Crippen LogP contribution is 1.97. The first kappa shape index (κ1) is 11.0. The second-order valence-corrected chi connectivity index (χ2v) is 2.83. The lowest BCUT2D eigenvalue weighted by Crippen LogP contribution is -1.88. The fourth-order valence-corrected chi connectivity index (χ4v) is 0.926. The van der Waals surface area contributed by atoms with Gasteiger partial charge in [0.05, 0.1) is 0 Å². The highest BCUT2D eigenvalue weighted by molar-refractivity contribution is 5.93. The van der Waals surface area contributed by atoms with Crippen molar-refractivity contribution in [1.29, 1.82) is 0 Å². The molecule has 0 fully saturated rings. The van der Waals surface area contributed by atoms with Crippen LogP contribution in [0.5, 0.6) is 0 Å². The van der Waals surface area contributed by atoms with E-state index in [0.717, 1.165) is 5.56 Å². The Labute approximate surface area is 88.8 Å². The molecule has 0 atom stereocenters. The molecule has 0 saturated heterocycles. The zero-order valence-corrected chi connectivity index (χ0v) is 8.50. The van der Waals surface area contributed by atoms with Gasteiger partial charge >= 0.3 is 0 Å². The van der Waals surface area contributed by atoms with Crippen LogP contribution in [0.4, 0.5) is 0 Å². The number of ketones is 1. The first-order chi connectivity index (χ1) is 7.30. The molecule has 0 aliphatic carbocycles. The zero-order valence-electron chi connectivity index (χ0n) is 8.50. The molecule has 0 amide bonds. The SMILES string of the molecule is CC(=O)c1ccccc1.c1cncnc1. The Morgan fingerprint density at radius 2 is 1.60 bits per heavy atom. The van der Waals surface area contributed by atoms with Crippen LogP contribution in [0.3, 0.4) is 0 Å². The van der Waals surface area contributed by atoms with E-state index in [-0.39, 0.29) is 5.78 Å². The summed E-state index contributed by atoms with van der Waals surface area (Å²) in [6, 6.07) is 11.0. The third kappa shape index (κ3) is 4.67. The Balaban J connectivity index is 0.000000162. The van der Waals surface area contributed by atoms with E-state index < -0.39 is 0 Å². The van der Waals surface area contributed by atoms with Crippen molar-refractivity contribution in [3.8, 4) is 0 Å². The van der Waals surface area contributed by atoms with Gasteiger partial charge in [0.15, 0.2) is 5.78 Å². The largest absolute Gasteiger partial charge is 0.295 e. The van der Waals surface area contributed by atoms with E-state index in [4.69, 9.17) is 0 Å². The number of rotatable bonds is 1. The van der Waals surface area contributed by atoms with Gasteiger partial charge in [-0.1, -0.05) is 30.3 Å². The molecular weight excluding hydrogens is 188 g/mol. The Kier molecular flexibility index (Phi) is 4.73. The third-order valence-electron chi connectivity index (χ3n) is 1.66. The highest BCUT2D eigenvalue weighted by Gasteiger charge is 1.92. The van der Waals surface area contributed by atoms with E-state index >= 15 is 0 Å². The summed E-state index contributed by atoms with van der Waals surface area (Å²) in [6.45, 7) is 1.56. The molecule has 0 spiro atoms. The highest BCUT2D eigenvalue weighted by atomic mass is 16.1. The maximum Gasteiger partial charge on any atom is 0.159 e. The molecular formula is C12H12N2O. The van der Waals surface area contributed by atoms with E-state index in [1.165, 1.54) is 6.33 Å². The van der Waals surface area contributed by atoms with Crippen LogP contribution in [0, 0.1) is 0 Å². The molecule has 3 heteroatoms. The summed E-state index contributed by atoms with van der Waals surface area (Å²) in [5.74, 6) is 0.121. The number of carbonyl (C=O) groups excluding carboxylic acids is 1. The van der Waals surface area contributed by atoms with Crippen molar-refractivity contribution in [3.05, 3.63) is 60.7 Å². The van der Waals surface area contributed by atoms with Gasteiger partial charge < -0.3 is 0 Å². The Hall–Kier alpha value is -2.03. The molecule has 0 aliphatic heterocycles. The zero-order chi connectivity index (χ0) is 10.9. The number of carbonyl (C=O) groups is 1. The second-order valence-electron chi connectivity index (χ2n) is 2.83. The van der Waals surface area contributed by atoms with Gasteiger partial charge in [0.2, 0.25) is 0 Å². The average molecular weight is 200 g/mol. The van der Waals surface area contributed by atoms with Crippen LogP contribution in [-0.4, -0.2) is 15.8 Å². The van der Waals surface area contributed by atoms with E-state index in [1.807, 2.05) is 30.3 Å². The summed E-state index contributed by atoms with van der Waals surface area (Å²) in [5.41, 5.74) is 0.775. The van der Waals surface area contributed by atoms with Gasteiger partial charge in [0, 0.05) is 18.0 Å². The van der Waals surface area contributed by atoms with E-state index in [0.29, 0.717) is 0 Å². The van der Waals surface area contributed by atoms with Crippen LogP contribution in [0.1, 0.15) is 17.3 Å². The molecule has 3 nitrogen and oxygen atoms in total. The molecule has 15 heavy (non-hydrogen) atoms. The summed E-state index contributed by atoms with van der Waals surface area (Å²) >= 11 is 0. The lowest BCUT2D eigenvalue weighted by Gasteiger charge is -1.89. The fraction of sp³-hybridized carbons (Fsp3) is 0.0833. The van der Waals surface area contributed by atoms with E-state index in [1.54, 1.807) is 25.4 Å². The molecule has 1 heterocycles. The monoisotopic (exact) mass is 200 g/mol. The van der Waals surface area contributed by atoms with Crippen LogP contribution in [0.25, 0.3) is 0 Å². The smallest absolute Gasteiger partial charge is 0.159 e. The van der Waals surface area contributed by atoms with Gasteiger partial charge in [0.25, 0.3) is 0 Å². The molecule has 0 bridgehead atoms. The predicted molar refractivity (Wildman–Crippen MR) is 58.5 cm³/mol. The summed E-state index contributed by atoms with van der Waals surface area (Å²) in [4.78, 5) is 18.0. The maximum absolute atomic E-state index is 10.6. The van der Waals surface area contributed by atoms with Crippen molar-refractivity contribution in [2.75, 3.05) is 0 Å². The van der Waals surface area contributed by atoms with E-state index in [2.05, 4.69) is 9.97 Å². The predicted octanol–water partition coefficient (Wildman–Crippen LogP) is 2.37. The molecule has 2 rings (SSSR count). The molecule has 0 unspecified atom stereocenters. The first-order valence-electron chi connectivity index (χ1n) is 4.56. The van der Waals surface area contributed by atoms with Crippen LogP contribution in [-0.2, 0) is 0 Å². The molecule has 0 N–H and O–H groups in total. The Morgan fingerprint density at radius 1 is 1.00 bits per heavy atom. The minimum Gasteiger partial charge on any atom is -0.295 e. The summed E-state index contributed by atoms with van der Waals surface area (Å²) in [7, 11) is 0. The van der Waals surface area contributed by atoms with Crippen molar-refractivity contribution in [2.24, 2.45) is 0 Å². The fourth-order valence-electron chi connectivity index (χ4n) is 0.926. The van der Waals surface area contributed by atoms with Gasteiger partial charge in [0.1, 0.15) is 6.33 Å². The number of hydrogen-bond acceptors (Lipinski definition) is 3. The minimum absolute atomic E-state index is 0.121. The normalized spacial score (nSPS) is 8.60. The summed E-state index contributed by atoms with van der Waals surface area (Å²) in [5, 5.41) is 0. The topological polar surface area (TPSA) is 42.9 Å². The van der Waals surface area contributed by atoms with Crippen LogP contribution in [0.15, 0.2) is 55.1 Å². The molecule has 0 saturated carbocycles. The lowest BCUT2D eigenvalue weighted by atomic mass is 10.2.